The Morgan fingerprint density at radius 3 is 3.00 bits per heavy atom. The molecule has 3 aliphatic heterocycles. The molecule has 4 rings (SSSR count). The summed E-state index contributed by atoms with van der Waals surface area (Å²) < 4.78 is 11.2. The van der Waals surface area contributed by atoms with Crippen molar-refractivity contribution < 1.29 is 13.9 Å². The molecular weight excluding hydrogens is 318 g/mol. The van der Waals surface area contributed by atoms with Gasteiger partial charge in [-0.2, -0.15) is 0 Å². The van der Waals surface area contributed by atoms with Crippen LogP contribution in [0.5, 0.6) is 0 Å². The summed E-state index contributed by atoms with van der Waals surface area (Å²) in [7, 11) is 0. The van der Waals surface area contributed by atoms with Gasteiger partial charge in [0.25, 0.3) is 0 Å². The van der Waals surface area contributed by atoms with E-state index in [9.17, 15) is 4.79 Å². The van der Waals surface area contributed by atoms with Crippen LogP contribution in [0.1, 0.15) is 37.7 Å². The molecule has 3 fully saturated rings. The lowest BCUT2D eigenvalue weighted by atomic mass is 9.74. The molecule has 3 saturated heterocycles. The molecule has 0 aromatic carbocycles. The van der Waals surface area contributed by atoms with E-state index < -0.39 is 0 Å². The topological polar surface area (TPSA) is 58.0 Å². The minimum Gasteiger partial charge on any atom is -0.472 e. The Kier molecular flexibility index (Phi) is 4.99. The molecule has 1 aromatic heterocycles. The number of carbonyl (C=O) groups excluding carboxylic acids is 1. The second-order valence-electron chi connectivity index (χ2n) is 7.78. The fourth-order valence-corrected chi connectivity index (χ4v) is 4.73. The number of amides is 2. The van der Waals surface area contributed by atoms with Crippen LogP contribution in [0.25, 0.3) is 0 Å². The van der Waals surface area contributed by atoms with Crippen LogP contribution >= 0.6 is 0 Å². The maximum Gasteiger partial charge on any atom is 0.317 e. The van der Waals surface area contributed by atoms with E-state index in [4.69, 9.17) is 9.15 Å². The van der Waals surface area contributed by atoms with Crippen LogP contribution in [0.3, 0.4) is 0 Å². The first-order chi connectivity index (χ1) is 12.3. The second kappa shape index (κ2) is 7.38. The van der Waals surface area contributed by atoms with E-state index in [1.807, 2.05) is 17.2 Å². The molecule has 1 N–H and O–H groups in total. The summed E-state index contributed by atoms with van der Waals surface area (Å²) in [5.74, 6) is 0. The highest BCUT2D eigenvalue weighted by Gasteiger charge is 2.47. The molecule has 0 bridgehead atoms. The van der Waals surface area contributed by atoms with Gasteiger partial charge in [0, 0.05) is 56.9 Å². The standard InChI is InChI=1S/C19H29N3O3/c23-18(22-8-1-2-9-22)20-7-5-19-6-12-25-17(19)3-10-21(15-19)13-16-4-11-24-14-16/h4,11,14,17H,1-3,5-10,12-13,15H2,(H,20,23)/t17-,19+/m1/s1. The molecule has 1 aromatic rings. The highest BCUT2D eigenvalue weighted by atomic mass is 16.5. The summed E-state index contributed by atoms with van der Waals surface area (Å²) in [6.07, 6.45) is 9.37. The van der Waals surface area contributed by atoms with E-state index in [-0.39, 0.29) is 11.4 Å². The lowest BCUT2D eigenvalue weighted by molar-refractivity contribution is -0.0240. The number of carbonyl (C=O) groups is 1. The predicted octanol–water partition coefficient (Wildman–Crippen LogP) is 2.46. The van der Waals surface area contributed by atoms with Gasteiger partial charge in [-0.25, -0.2) is 4.79 Å². The number of nitrogens with zero attached hydrogens (tertiary/aromatic N) is 2. The minimum absolute atomic E-state index is 0.107. The molecule has 3 aliphatic rings. The van der Waals surface area contributed by atoms with Crippen molar-refractivity contribution in [2.45, 2.75) is 44.8 Å². The molecule has 4 heterocycles. The van der Waals surface area contributed by atoms with Gasteiger partial charge in [0.2, 0.25) is 0 Å². The molecule has 6 nitrogen and oxygen atoms in total. The van der Waals surface area contributed by atoms with Crippen molar-refractivity contribution in [2.24, 2.45) is 5.41 Å². The van der Waals surface area contributed by atoms with Crippen LogP contribution in [0.4, 0.5) is 4.79 Å². The van der Waals surface area contributed by atoms with Crippen LogP contribution in [-0.4, -0.2) is 61.3 Å². The van der Waals surface area contributed by atoms with Crippen molar-refractivity contribution in [3.8, 4) is 0 Å². The summed E-state index contributed by atoms with van der Waals surface area (Å²) in [6.45, 7) is 6.45. The van der Waals surface area contributed by atoms with Gasteiger partial charge < -0.3 is 19.4 Å². The molecule has 0 saturated carbocycles. The molecule has 138 valence electrons. The molecule has 2 atom stereocenters. The number of nitrogens with one attached hydrogen (secondary N) is 1. The first-order valence-corrected chi connectivity index (χ1v) is 9.63. The number of hydrogen-bond donors (Lipinski definition) is 1. The number of urea groups is 1. The van der Waals surface area contributed by atoms with Gasteiger partial charge in [-0.3, -0.25) is 4.90 Å². The van der Waals surface area contributed by atoms with Gasteiger partial charge in [-0.15, -0.1) is 0 Å². The van der Waals surface area contributed by atoms with E-state index in [2.05, 4.69) is 10.2 Å². The molecule has 0 spiro atoms. The molecule has 25 heavy (non-hydrogen) atoms. The third-order valence-corrected chi connectivity index (χ3v) is 6.13. The Bertz CT molecular complexity index is 570. The third-order valence-electron chi connectivity index (χ3n) is 6.13. The van der Waals surface area contributed by atoms with Gasteiger partial charge >= 0.3 is 6.03 Å². The van der Waals surface area contributed by atoms with Gasteiger partial charge in [-0.05, 0) is 38.2 Å². The van der Waals surface area contributed by atoms with Crippen molar-refractivity contribution in [2.75, 3.05) is 39.3 Å². The van der Waals surface area contributed by atoms with Gasteiger partial charge in [0.1, 0.15) is 0 Å². The average molecular weight is 347 g/mol. The van der Waals surface area contributed by atoms with Crippen LogP contribution in [0, 0.1) is 5.41 Å². The van der Waals surface area contributed by atoms with E-state index in [0.29, 0.717) is 6.10 Å². The quantitative estimate of drug-likeness (QED) is 0.889. The van der Waals surface area contributed by atoms with Crippen molar-refractivity contribution in [3.05, 3.63) is 24.2 Å². The normalized spacial score (nSPS) is 29.8. The zero-order valence-electron chi connectivity index (χ0n) is 14.9. The summed E-state index contributed by atoms with van der Waals surface area (Å²) >= 11 is 0. The average Bonchev–Trinajstić information content (AvgIpc) is 3.36. The Morgan fingerprint density at radius 2 is 2.20 bits per heavy atom. The molecular formula is C19H29N3O3. The van der Waals surface area contributed by atoms with Crippen LogP contribution in [0.2, 0.25) is 0 Å². The summed E-state index contributed by atoms with van der Waals surface area (Å²) in [6, 6.07) is 2.15. The van der Waals surface area contributed by atoms with E-state index in [1.54, 1.807) is 6.26 Å². The van der Waals surface area contributed by atoms with E-state index in [0.717, 1.165) is 78.0 Å². The number of piperidine rings is 1. The fraction of sp³-hybridized carbons (Fsp3) is 0.737. The summed E-state index contributed by atoms with van der Waals surface area (Å²) in [5.41, 5.74) is 1.41. The second-order valence-corrected chi connectivity index (χ2v) is 7.78. The van der Waals surface area contributed by atoms with E-state index >= 15 is 0 Å². The summed E-state index contributed by atoms with van der Waals surface area (Å²) in [5, 5.41) is 3.14. The van der Waals surface area contributed by atoms with Gasteiger partial charge in [0.15, 0.2) is 0 Å². The van der Waals surface area contributed by atoms with E-state index in [1.165, 1.54) is 5.56 Å². The largest absolute Gasteiger partial charge is 0.472 e. The number of hydrogen-bond acceptors (Lipinski definition) is 4. The number of furan rings is 1. The highest BCUT2D eigenvalue weighted by molar-refractivity contribution is 5.74. The smallest absolute Gasteiger partial charge is 0.317 e. The zero-order chi connectivity index (χ0) is 17.1. The predicted molar refractivity (Wildman–Crippen MR) is 94.2 cm³/mol. The first kappa shape index (κ1) is 16.9. The van der Waals surface area contributed by atoms with Crippen molar-refractivity contribution in [3.63, 3.8) is 0 Å². The van der Waals surface area contributed by atoms with Crippen LogP contribution in [0.15, 0.2) is 23.0 Å². The number of likely N-dealkylation sites (tertiary alicyclic amines) is 2. The molecule has 0 radical (unpaired) electrons. The minimum atomic E-state index is 0.107. The molecule has 2 amide bonds. The first-order valence-electron chi connectivity index (χ1n) is 9.63. The maximum atomic E-state index is 12.2. The SMILES string of the molecule is O=C(NCC[C@@]12CCO[C@@H]1CCN(Cc1ccoc1)C2)N1CCCC1. The van der Waals surface area contributed by atoms with Gasteiger partial charge in [-0.1, -0.05) is 0 Å². The van der Waals surface area contributed by atoms with Crippen molar-refractivity contribution in [1.29, 1.82) is 0 Å². The Labute approximate surface area is 149 Å². The molecule has 0 unspecified atom stereocenters. The number of fused-ring (bicyclic) bond motifs is 1. The Morgan fingerprint density at radius 1 is 1.32 bits per heavy atom. The molecule has 0 aliphatic carbocycles. The zero-order valence-corrected chi connectivity index (χ0v) is 14.9. The third kappa shape index (κ3) is 3.70. The lowest BCUT2D eigenvalue weighted by Crippen LogP contribution is -2.50. The lowest BCUT2D eigenvalue weighted by Gasteiger charge is -2.44. The summed E-state index contributed by atoms with van der Waals surface area (Å²) in [4.78, 5) is 16.7. The van der Waals surface area contributed by atoms with Crippen molar-refractivity contribution >= 4 is 6.03 Å². The fourth-order valence-electron chi connectivity index (χ4n) is 4.73. The van der Waals surface area contributed by atoms with Crippen LogP contribution in [-0.2, 0) is 11.3 Å². The Hall–Kier alpha value is -1.53. The highest BCUT2D eigenvalue weighted by Crippen LogP contribution is 2.43. The number of ether oxygens (including phenoxy) is 1. The molecule has 6 heteroatoms. The van der Waals surface area contributed by atoms with Gasteiger partial charge in [0.05, 0.1) is 18.6 Å². The van der Waals surface area contributed by atoms with Crippen molar-refractivity contribution in [1.82, 2.24) is 15.1 Å². The number of rotatable bonds is 5. The monoisotopic (exact) mass is 347 g/mol. The Balaban J connectivity index is 1.32. The maximum absolute atomic E-state index is 12.2. The van der Waals surface area contributed by atoms with Crippen LogP contribution < -0.4 is 5.32 Å².